The summed E-state index contributed by atoms with van der Waals surface area (Å²) in [5.74, 6) is 0.242. The summed E-state index contributed by atoms with van der Waals surface area (Å²) in [5, 5.41) is 9.64. The van der Waals surface area contributed by atoms with Gasteiger partial charge in [-0.1, -0.05) is 12.1 Å². The maximum atomic E-state index is 9.64. The van der Waals surface area contributed by atoms with Crippen LogP contribution in [0, 0.1) is 0 Å². The van der Waals surface area contributed by atoms with Gasteiger partial charge in [-0.05, 0) is 80.1 Å². The van der Waals surface area contributed by atoms with Crippen molar-refractivity contribution in [2.75, 3.05) is 5.73 Å². The maximum absolute atomic E-state index is 9.64. The summed E-state index contributed by atoms with van der Waals surface area (Å²) < 4.78 is 1.42. The van der Waals surface area contributed by atoms with E-state index >= 15 is 0 Å². The molecule has 0 aliphatic heterocycles. The molecule has 0 aromatic heterocycles. The summed E-state index contributed by atoms with van der Waals surface area (Å²) in [5.41, 5.74) is 8.86. The summed E-state index contributed by atoms with van der Waals surface area (Å²) in [6, 6.07) is 11.8. The Morgan fingerprint density at radius 3 is 1.94 bits per heavy atom. The first kappa shape index (κ1) is 13.4. The summed E-state index contributed by atoms with van der Waals surface area (Å²) in [6.07, 6.45) is 1.87. The van der Waals surface area contributed by atoms with Crippen molar-refractivity contribution in [2.45, 2.75) is 12.8 Å². The van der Waals surface area contributed by atoms with Gasteiger partial charge in [-0.3, -0.25) is 0 Å². The van der Waals surface area contributed by atoms with Crippen molar-refractivity contribution in [3.63, 3.8) is 0 Å². The molecule has 0 unspecified atom stereocenters. The number of rotatable bonds is 3. The molecule has 2 rings (SSSR count). The van der Waals surface area contributed by atoms with E-state index in [0.29, 0.717) is 8.95 Å². The number of benzene rings is 2. The summed E-state index contributed by atoms with van der Waals surface area (Å²) in [4.78, 5) is 0. The SMILES string of the molecule is Nc1ccc(CCc2cc(Br)c(O)c(Br)c2)cc1. The van der Waals surface area contributed by atoms with E-state index in [1.807, 2.05) is 36.4 Å². The van der Waals surface area contributed by atoms with Crippen LogP contribution in [0.15, 0.2) is 45.3 Å². The summed E-state index contributed by atoms with van der Waals surface area (Å²) in [6.45, 7) is 0. The zero-order valence-corrected chi connectivity index (χ0v) is 12.8. The normalized spacial score (nSPS) is 10.6. The van der Waals surface area contributed by atoms with Crippen molar-refractivity contribution in [3.05, 3.63) is 56.5 Å². The molecule has 0 heterocycles. The third-order valence-corrected chi connectivity index (χ3v) is 3.97. The summed E-state index contributed by atoms with van der Waals surface area (Å²) >= 11 is 6.67. The number of phenols is 1. The van der Waals surface area contributed by atoms with Crippen LogP contribution >= 0.6 is 31.9 Å². The second-order valence-electron chi connectivity index (χ2n) is 4.15. The second kappa shape index (κ2) is 5.76. The van der Waals surface area contributed by atoms with Crippen LogP contribution in [0.25, 0.3) is 0 Å². The van der Waals surface area contributed by atoms with Crippen LogP contribution in [-0.4, -0.2) is 5.11 Å². The quantitative estimate of drug-likeness (QED) is 0.792. The molecule has 2 nitrogen and oxygen atoms in total. The number of aryl methyl sites for hydroxylation is 2. The lowest BCUT2D eigenvalue weighted by Gasteiger charge is -2.06. The first-order valence-electron chi connectivity index (χ1n) is 5.57. The highest BCUT2D eigenvalue weighted by Crippen LogP contribution is 2.33. The van der Waals surface area contributed by atoms with Gasteiger partial charge >= 0.3 is 0 Å². The smallest absolute Gasteiger partial charge is 0.143 e. The van der Waals surface area contributed by atoms with Gasteiger partial charge in [0.25, 0.3) is 0 Å². The van der Waals surface area contributed by atoms with Crippen LogP contribution < -0.4 is 5.73 Å². The largest absolute Gasteiger partial charge is 0.506 e. The molecule has 4 heteroatoms. The molecule has 0 fully saturated rings. The van der Waals surface area contributed by atoms with Gasteiger partial charge in [-0.2, -0.15) is 0 Å². The van der Waals surface area contributed by atoms with Crippen LogP contribution in [0.1, 0.15) is 11.1 Å². The number of hydrogen-bond donors (Lipinski definition) is 2. The van der Waals surface area contributed by atoms with Gasteiger partial charge in [0.2, 0.25) is 0 Å². The van der Waals surface area contributed by atoms with E-state index in [4.69, 9.17) is 5.73 Å². The first-order chi connectivity index (χ1) is 8.56. The van der Waals surface area contributed by atoms with Gasteiger partial charge in [0, 0.05) is 5.69 Å². The van der Waals surface area contributed by atoms with E-state index in [9.17, 15) is 5.11 Å². The van der Waals surface area contributed by atoms with Crippen molar-refractivity contribution in [2.24, 2.45) is 0 Å². The molecule has 0 atom stereocenters. The fourth-order valence-corrected chi connectivity index (χ4v) is 3.02. The number of halogens is 2. The topological polar surface area (TPSA) is 46.2 Å². The average molecular weight is 371 g/mol. The zero-order chi connectivity index (χ0) is 13.1. The van der Waals surface area contributed by atoms with Crippen molar-refractivity contribution in [1.82, 2.24) is 0 Å². The van der Waals surface area contributed by atoms with E-state index in [2.05, 4.69) is 31.9 Å². The van der Waals surface area contributed by atoms with Crippen molar-refractivity contribution < 1.29 is 5.11 Å². The molecule has 0 saturated heterocycles. The number of aromatic hydroxyl groups is 1. The second-order valence-corrected chi connectivity index (χ2v) is 5.86. The molecule has 2 aromatic carbocycles. The molecule has 3 N–H and O–H groups in total. The predicted molar refractivity (Wildman–Crippen MR) is 81.8 cm³/mol. The summed E-state index contributed by atoms with van der Waals surface area (Å²) in [7, 11) is 0. The van der Waals surface area contributed by atoms with E-state index < -0.39 is 0 Å². The monoisotopic (exact) mass is 369 g/mol. The molecule has 0 radical (unpaired) electrons. The van der Waals surface area contributed by atoms with Crippen molar-refractivity contribution in [1.29, 1.82) is 0 Å². The first-order valence-corrected chi connectivity index (χ1v) is 7.16. The number of phenolic OH excluding ortho intramolecular Hbond substituents is 1. The van der Waals surface area contributed by atoms with Crippen LogP contribution in [0.3, 0.4) is 0 Å². The van der Waals surface area contributed by atoms with E-state index in [0.717, 1.165) is 18.5 Å². The Morgan fingerprint density at radius 2 is 1.39 bits per heavy atom. The highest BCUT2D eigenvalue weighted by Gasteiger charge is 2.06. The average Bonchev–Trinajstić information content (AvgIpc) is 2.35. The third-order valence-electron chi connectivity index (χ3n) is 2.76. The zero-order valence-electron chi connectivity index (χ0n) is 9.66. The van der Waals surface area contributed by atoms with Crippen LogP contribution in [0.2, 0.25) is 0 Å². The fourth-order valence-electron chi connectivity index (χ4n) is 1.74. The highest BCUT2D eigenvalue weighted by atomic mass is 79.9. The molecule has 0 amide bonds. The Bertz CT molecular complexity index is 529. The Labute approximate surface area is 123 Å². The lowest BCUT2D eigenvalue weighted by Crippen LogP contribution is -1.93. The molecule has 18 heavy (non-hydrogen) atoms. The Hall–Kier alpha value is -1.00. The number of nitrogens with two attached hydrogens (primary N) is 1. The van der Waals surface area contributed by atoms with Gasteiger partial charge in [0.05, 0.1) is 8.95 Å². The Kier molecular flexibility index (Phi) is 4.30. The van der Waals surface area contributed by atoms with Crippen molar-refractivity contribution in [3.8, 4) is 5.75 Å². The van der Waals surface area contributed by atoms with Gasteiger partial charge in [0.15, 0.2) is 0 Å². The van der Waals surface area contributed by atoms with E-state index in [-0.39, 0.29) is 5.75 Å². The lowest BCUT2D eigenvalue weighted by atomic mass is 10.0. The molecule has 2 aromatic rings. The van der Waals surface area contributed by atoms with Gasteiger partial charge in [0.1, 0.15) is 5.75 Å². The highest BCUT2D eigenvalue weighted by molar-refractivity contribution is 9.11. The minimum Gasteiger partial charge on any atom is -0.506 e. The van der Waals surface area contributed by atoms with Gasteiger partial charge in [-0.25, -0.2) is 0 Å². The van der Waals surface area contributed by atoms with E-state index in [1.165, 1.54) is 11.1 Å². The van der Waals surface area contributed by atoms with Crippen molar-refractivity contribution >= 4 is 37.5 Å². The molecule has 0 aliphatic rings. The standard InChI is InChI=1S/C14H13Br2NO/c15-12-7-10(8-13(16)14(12)18)2-1-9-3-5-11(17)6-4-9/h3-8,18H,1-2,17H2. The van der Waals surface area contributed by atoms with Crippen LogP contribution in [-0.2, 0) is 12.8 Å². The molecular weight excluding hydrogens is 358 g/mol. The lowest BCUT2D eigenvalue weighted by molar-refractivity contribution is 0.468. The van der Waals surface area contributed by atoms with Gasteiger partial charge < -0.3 is 10.8 Å². The fraction of sp³-hybridized carbons (Fsp3) is 0.143. The minimum absolute atomic E-state index is 0.242. The number of hydrogen-bond acceptors (Lipinski definition) is 2. The van der Waals surface area contributed by atoms with Crippen LogP contribution in [0.5, 0.6) is 5.75 Å². The van der Waals surface area contributed by atoms with Crippen LogP contribution in [0.4, 0.5) is 5.69 Å². The van der Waals surface area contributed by atoms with Gasteiger partial charge in [-0.15, -0.1) is 0 Å². The Balaban J connectivity index is 2.08. The molecule has 0 bridgehead atoms. The minimum atomic E-state index is 0.242. The molecule has 94 valence electrons. The third kappa shape index (κ3) is 3.27. The maximum Gasteiger partial charge on any atom is 0.143 e. The molecule has 0 saturated carbocycles. The van der Waals surface area contributed by atoms with E-state index in [1.54, 1.807) is 0 Å². The molecular formula is C14H13Br2NO. The molecule has 0 spiro atoms. The predicted octanol–water partition coefficient (Wildman–Crippen LogP) is 4.28. The number of anilines is 1. The Morgan fingerprint density at radius 1 is 0.889 bits per heavy atom. The number of nitrogen functional groups attached to an aromatic ring is 1. The molecule has 0 aliphatic carbocycles.